The predicted octanol–water partition coefficient (Wildman–Crippen LogP) is 1.90. The summed E-state index contributed by atoms with van der Waals surface area (Å²) in [5.41, 5.74) is 2.77. The Hall–Kier alpha value is -2.41. The minimum absolute atomic E-state index is 0.288. The quantitative estimate of drug-likeness (QED) is 0.853. The molecule has 2 aromatic rings. The van der Waals surface area contributed by atoms with Gasteiger partial charge in [-0.3, -0.25) is 0 Å². The van der Waals surface area contributed by atoms with E-state index in [1.165, 1.54) is 0 Å². The van der Waals surface area contributed by atoms with Gasteiger partial charge in [0.05, 0.1) is 19.9 Å². The Morgan fingerprint density at radius 2 is 1.96 bits per heavy atom. The first-order valence-corrected chi connectivity index (χ1v) is 7.38. The van der Waals surface area contributed by atoms with Crippen molar-refractivity contribution >= 4 is 5.82 Å². The van der Waals surface area contributed by atoms with Gasteiger partial charge >= 0.3 is 6.01 Å². The third kappa shape index (κ3) is 2.92. The van der Waals surface area contributed by atoms with Gasteiger partial charge in [0.25, 0.3) is 0 Å². The molecule has 0 N–H and O–H groups in total. The lowest BCUT2D eigenvalue weighted by atomic mass is 10.1. The number of ether oxygens (including phenoxy) is 3. The van der Waals surface area contributed by atoms with Gasteiger partial charge in [0.15, 0.2) is 6.23 Å². The second-order valence-electron chi connectivity index (χ2n) is 5.30. The largest absolute Gasteiger partial charge is 0.497 e. The molecule has 0 fully saturated rings. The fourth-order valence-electron chi connectivity index (χ4n) is 2.80. The van der Waals surface area contributed by atoms with Crippen LogP contribution in [0.4, 0.5) is 5.82 Å². The van der Waals surface area contributed by atoms with Crippen LogP contribution in [-0.2, 0) is 11.2 Å². The molecule has 7 nitrogen and oxygen atoms in total. The molecule has 0 aliphatic carbocycles. The number of anilines is 1. The van der Waals surface area contributed by atoms with Crippen LogP contribution >= 0.6 is 0 Å². The van der Waals surface area contributed by atoms with E-state index in [4.69, 9.17) is 14.2 Å². The van der Waals surface area contributed by atoms with Crippen LogP contribution in [-0.4, -0.2) is 42.8 Å². The van der Waals surface area contributed by atoms with E-state index in [2.05, 4.69) is 19.9 Å². The summed E-state index contributed by atoms with van der Waals surface area (Å²) >= 11 is 0. The summed E-state index contributed by atoms with van der Waals surface area (Å²) in [6, 6.07) is 4.19. The van der Waals surface area contributed by atoms with Crippen LogP contribution < -0.4 is 14.4 Å². The van der Waals surface area contributed by atoms with E-state index >= 15 is 0 Å². The standard InChI is InChI=1S/C16H20N4O3/c1-10-7-11(21-2)8-14(18-10)20-6-5-13-12(15(20)22-3)9-17-16(19-13)23-4/h7-9,15H,5-6H2,1-4H3. The molecule has 23 heavy (non-hydrogen) atoms. The van der Waals surface area contributed by atoms with Crippen molar-refractivity contribution in [2.75, 3.05) is 32.8 Å². The van der Waals surface area contributed by atoms with Gasteiger partial charge in [-0.25, -0.2) is 9.97 Å². The molecule has 0 radical (unpaired) electrons. The predicted molar refractivity (Wildman–Crippen MR) is 84.9 cm³/mol. The summed E-state index contributed by atoms with van der Waals surface area (Å²) in [7, 11) is 4.88. The average molecular weight is 316 g/mol. The number of hydrogen-bond acceptors (Lipinski definition) is 7. The number of methoxy groups -OCH3 is 3. The van der Waals surface area contributed by atoms with Crippen LogP contribution in [0.25, 0.3) is 0 Å². The molecule has 0 spiro atoms. The van der Waals surface area contributed by atoms with Crippen molar-refractivity contribution in [2.24, 2.45) is 0 Å². The van der Waals surface area contributed by atoms with E-state index in [-0.39, 0.29) is 6.23 Å². The first-order valence-electron chi connectivity index (χ1n) is 7.38. The smallest absolute Gasteiger partial charge is 0.316 e. The van der Waals surface area contributed by atoms with Gasteiger partial charge in [0, 0.05) is 49.7 Å². The van der Waals surface area contributed by atoms with Crippen molar-refractivity contribution in [1.82, 2.24) is 15.0 Å². The fourth-order valence-corrected chi connectivity index (χ4v) is 2.80. The molecule has 1 atom stereocenters. The Kier molecular flexibility index (Phi) is 4.29. The van der Waals surface area contributed by atoms with Crippen molar-refractivity contribution in [2.45, 2.75) is 19.6 Å². The number of aryl methyl sites for hydroxylation is 1. The summed E-state index contributed by atoms with van der Waals surface area (Å²) < 4.78 is 16.1. The maximum absolute atomic E-state index is 5.70. The van der Waals surface area contributed by atoms with E-state index < -0.39 is 0 Å². The van der Waals surface area contributed by atoms with E-state index in [0.717, 1.165) is 41.5 Å². The zero-order valence-electron chi connectivity index (χ0n) is 13.7. The molecule has 2 aromatic heterocycles. The van der Waals surface area contributed by atoms with Crippen LogP contribution in [0, 0.1) is 6.92 Å². The molecule has 0 amide bonds. The molecule has 0 bridgehead atoms. The minimum atomic E-state index is -0.288. The highest BCUT2D eigenvalue weighted by Crippen LogP contribution is 2.34. The van der Waals surface area contributed by atoms with Crippen LogP contribution in [0.2, 0.25) is 0 Å². The number of fused-ring (bicyclic) bond motifs is 1. The van der Waals surface area contributed by atoms with Crippen LogP contribution in [0.5, 0.6) is 11.8 Å². The molecular formula is C16H20N4O3. The highest BCUT2D eigenvalue weighted by Gasteiger charge is 2.30. The highest BCUT2D eigenvalue weighted by atomic mass is 16.5. The number of nitrogens with zero attached hydrogens (tertiary/aromatic N) is 4. The topological polar surface area (TPSA) is 69.6 Å². The van der Waals surface area contributed by atoms with Gasteiger partial charge in [-0.1, -0.05) is 0 Å². The summed E-state index contributed by atoms with van der Waals surface area (Å²) in [5.74, 6) is 1.59. The molecular weight excluding hydrogens is 296 g/mol. The number of rotatable bonds is 4. The monoisotopic (exact) mass is 316 g/mol. The Labute approximate surface area is 135 Å². The Bertz CT molecular complexity index is 708. The van der Waals surface area contributed by atoms with E-state index in [0.29, 0.717) is 6.01 Å². The van der Waals surface area contributed by atoms with Gasteiger partial charge in [-0.15, -0.1) is 0 Å². The molecule has 3 heterocycles. The molecule has 0 aromatic carbocycles. The summed E-state index contributed by atoms with van der Waals surface area (Å²) in [6.45, 7) is 2.69. The zero-order chi connectivity index (χ0) is 16.4. The second-order valence-corrected chi connectivity index (χ2v) is 5.30. The second kappa shape index (κ2) is 6.37. The van der Waals surface area contributed by atoms with Crippen molar-refractivity contribution in [3.63, 3.8) is 0 Å². The number of aromatic nitrogens is 3. The van der Waals surface area contributed by atoms with E-state index in [9.17, 15) is 0 Å². The summed E-state index contributed by atoms with van der Waals surface area (Å²) in [5, 5.41) is 0. The molecule has 1 aliphatic heterocycles. The zero-order valence-corrected chi connectivity index (χ0v) is 13.7. The summed E-state index contributed by atoms with van der Waals surface area (Å²) in [4.78, 5) is 15.3. The van der Waals surface area contributed by atoms with Crippen molar-refractivity contribution < 1.29 is 14.2 Å². The van der Waals surface area contributed by atoms with Crippen LogP contribution in [0.3, 0.4) is 0 Å². The van der Waals surface area contributed by atoms with Gasteiger partial charge in [-0.05, 0) is 6.92 Å². The highest BCUT2D eigenvalue weighted by molar-refractivity contribution is 5.49. The van der Waals surface area contributed by atoms with Gasteiger partial charge in [0.1, 0.15) is 11.6 Å². The van der Waals surface area contributed by atoms with Crippen molar-refractivity contribution in [3.8, 4) is 11.8 Å². The first kappa shape index (κ1) is 15.5. The fraction of sp³-hybridized carbons (Fsp3) is 0.438. The molecule has 7 heteroatoms. The van der Waals surface area contributed by atoms with Crippen LogP contribution in [0.1, 0.15) is 23.2 Å². The molecule has 3 rings (SSSR count). The third-order valence-corrected chi connectivity index (χ3v) is 3.87. The maximum Gasteiger partial charge on any atom is 0.316 e. The third-order valence-electron chi connectivity index (χ3n) is 3.87. The van der Waals surface area contributed by atoms with E-state index in [1.54, 1.807) is 27.5 Å². The lowest BCUT2D eigenvalue weighted by molar-refractivity contribution is 0.0923. The normalized spacial score (nSPS) is 16.9. The van der Waals surface area contributed by atoms with Gasteiger partial charge in [0.2, 0.25) is 0 Å². The Balaban J connectivity index is 1.99. The molecule has 0 saturated heterocycles. The van der Waals surface area contributed by atoms with E-state index in [1.807, 2.05) is 19.1 Å². The van der Waals surface area contributed by atoms with Gasteiger partial charge in [-0.2, -0.15) is 4.98 Å². The molecule has 0 saturated carbocycles. The lowest BCUT2D eigenvalue weighted by Gasteiger charge is -2.36. The Morgan fingerprint density at radius 1 is 1.13 bits per heavy atom. The summed E-state index contributed by atoms with van der Waals surface area (Å²) in [6.07, 6.45) is 2.24. The first-order chi connectivity index (χ1) is 11.2. The minimum Gasteiger partial charge on any atom is -0.497 e. The van der Waals surface area contributed by atoms with Crippen molar-refractivity contribution in [3.05, 3.63) is 35.3 Å². The number of pyridine rings is 1. The number of hydrogen-bond donors (Lipinski definition) is 0. The van der Waals surface area contributed by atoms with Crippen LogP contribution in [0.15, 0.2) is 18.3 Å². The molecule has 1 aliphatic rings. The van der Waals surface area contributed by atoms with Crippen molar-refractivity contribution in [1.29, 1.82) is 0 Å². The Morgan fingerprint density at radius 3 is 2.65 bits per heavy atom. The lowest BCUT2D eigenvalue weighted by Crippen LogP contribution is -2.37. The van der Waals surface area contributed by atoms with Gasteiger partial charge < -0.3 is 19.1 Å². The molecule has 1 unspecified atom stereocenters. The SMILES string of the molecule is COc1cc(C)nc(N2CCc3nc(OC)ncc3C2OC)c1. The average Bonchev–Trinajstić information content (AvgIpc) is 2.59. The maximum atomic E-state index is 5.70. The molecule has 122 valence electrons.